The predicted molar refractivity (Wildman–Crippen MR) is 72.7 cm³/mol. The lowest BCUT2D eigenvalue weighted by atomic mass is 9.88. The minimum atomic E-state index is 0.353. The third-order valence-electron chi connectivity index (χ3n) is 2.90. The topological polar surface area (TPSA) is 41.3 Å². The zero-order valence-electron chi connectivity index (χ0n) is 11.8. The van der Waals surface area contributed by atoms with Crippen molar-refractivity contribution in [2.24, 2.45) is 11.1 Å². The van der Waals surface area contributed by atoms with E-state index in [-0.39, 0.29) is 0 Å². The number of rotatable bonds is 8. The molecule has 0 fully saturated rings. The van der Waals surface area contributed by atoms with Gasteiger partial charge in [-0.25, -0.2) is 0 Å². The Morgan fingerprint density at radius 2 is 1.75 bits per heavy atom. The lowest BCUT2D eigenvalue weighted by molar-refractivity contribution is 0.274. The van der Waals surface area contributed by atoms with Crippen molar-refractivity contribution >= 4 is 0 Å². The summed E-state index contributed by atoms with van der Waals surface area (Å²) in [6.07, 6.45) is 1.14. The first-order chi connectivity index (χ1) is 7.42. The van der Waals surface area contributed by atoms with Crippen molar-refractivity contribution in [2.45, 2.75) is 47.1 Å². The summed E-state index contributed by atoms with van der Waals surface area (Å²) in [5, 5.41) is 3.56. The van der Waals surface area contributed by atoms with E-state index in [2.05, 4.69) is 44.8 Å². The van der Waals surface area contributed by atoms with Gasteiger partial charge in [-0.3, -0.25) is 0 Å². The largest absolute Gasteiger partial charge is 0.329 e. The van der Waals surface area contributed by atoms with Crippen LogP contribution in [0, 0.1) is 5.41 Å². The summed E-state index contributed by atoms with van der Waals surface area (Å²) in [7, 11) is 0. The van der Waals surface area contributed by atoms with Gasteiger partial charge in [0.25, 0.3) is 0 Å². The molecular formula is C13H31N3. The van der Waals surface area contributed by atoms with E-state index in [0.29, 0.717) is 11.5 Å². The molecule has 0 aromatic heterocycles. The molecule has 0 amide bonds. The zero-order chi connectivity index (χ0) is 12.6. The molecule has 0 bridgehead atoms. The van der Waals surface area contributed by atoms with Gasteiger partial charge in [-0.15, -0.1) is 0 Å². The summed E-state index contributed by atoms with van der Waals surface area (Å²) in [5.74, 6) is 0. The molecule has 0 spiro atoms. The van der Waals surface area contributed by atoms with Crippen LogP contribution in [0.1, 0.15) is 41.0 Å². The number of likely N-dealkylation sites (N-methyl/N-ethyl adjacent to an activating group) is 1. The highest BCUT2D eigenvalue weighted by Gasteiger charge is 2.16. The highest BCUT2D eigenvalue weighted by atomic mass is 15.1. The molecule has 0 aliphatic heterocycles. The molecule has 0 aromatic rings. The van der Waals surface area contributed by atoms with E-state index in [1.165, 1.54) is 0 Å². The average Bonchev–Trinajstić information content (AvgIpc) is 2.21. The quantitative estimate of drug-likeness (QED) is 0.665. The highest BCUT2D eigenvalue weighted by Crippen LogP contribution is 2.20. The van der Waals surface area contributed by atoms with Crippen LogP contribution >= 0.6 is 0 Å². The van der Waals surface area contributed by atoms with Crippen LogP contribution in [0.4, 0.5) is 0 Å². The second-order valence-electron chi connectivity index (χ2n) is 5.68. The number of hydrogen-bond donors (Lipinski definition) is 2. The lowest BCUT2D eigenvalue weighted by Crippen LogP contribution is -2.42. The molecule has 0 aliphatic carbocycles. The van der Waals surface area contributed by atoms with Gasteiger partial charge in [0.05, 0.1) is 0 Å². The van der Waals surface area contributed by atoms with E-state index in [4.69, 9.17) is 5.73 Å². The molecule has 0 radical (unpaired) electrons. The van der Waals surface area contributed by atoms with Crippen molar-refractivity contribution in [2.75, 3.05) is 32.7 Å². The molecule has 16 heavy (non-hydrogen) atoms. The van der Waals surface area contributed by atoms with Gasteiger partial charge in [0, 0.05) is 25.7 Å². The number of nitrogens with one attached hydrogen (secondary N) is 1. The maximum atomic E-state index is 5.79. The van der Waals surface area contributed by atoms with Crippen molar-refractivity contribution in [1.29, 1.82) is 0 Å². The number of nitrogens with two attached hydrogens (primary N) is 1. The zero-order valence-corrected chi connectivity index (χ0v) is 11.8. The number of hydrogen-bond acceptors (Lipinski definition) is 3. The Hall–Kier alpha value is -0.120. The fraction of sp³-hybridized carbons (Fsp3) is 1.00. The summed E-state index contributed by atoms with van der Waals surface area (Å²) in [5.41, 5.74) is 6.14. The van der Waals surface area contributed by atoms with Gasteiger partial charge in [0.1, 0.15) is 0 Å². The van der Waals surface area contributed by atoms with E-state index >= 15 is 0 Å². The monoisotopic (exact) mass is 229 g/mol. The molecular weight excluding hydrogens is 198 g/mol. The summed E-state index contributed by atoms with van der Waals surface area (Å²) in [6.45, 7) is 16.4. The van der Waals surface area contributed by atoms with Crippen LogP contribution in [0.3, 0.4) is 0 Å². The number of nitrogens with zero attached hydrogens (tertiary/aromatic N) is 1. The molecule has 1 atom stereocenters. The Labute approximate surface area is 102 Å². The van der Waals surface area contributed by atoms with Crippen LogP contribution < -0.4 is 11.1 Å². The molecule has 0 saturated heterocycles. The summed E-state index contributed by atoms with van der Waals surface area (Å²) >= 11 is 0. The van der Waals surface area contributed by atoms with E-state index in [1.54, 1.807) is 0 Å². The Morgan fingerprint density at radius 1 is 1.19 bits per heavy atom. The molecule has 3 nitrogen and oxygen atoms in total. The van der Waals surface area contributed by atoms with Crippen molar-refractivity contribution in [3.63, 3.8) is 0 Å². The molecule has 1 unspecified atom stereocenters. The van der Waals surface area contributed by atoms with Gasteiger partial charge in [0.2, 0.25) is 0 Å². The Bertz CT molecular complexity index is 159. The van der Waals surface area contributed by atoms with Gasteiger partial charge in [-0.2, -0.15) is 0 Å². The Kier molecular flexibility index (Phi) is 7.98. The average molecular weight is 229 g/mol. The predicted octanol–water partition coefficient (Wildman–Crippen LogP) is 1.68. The summed E-state index contributed by atoms with van der Waals surface area (Å²) in [6, 6.07) is 0.454. The van der Waals surface area contributed by atoms with E-state index in [9.17, 15) is 0 Å². The maximum Gasteiger partial charge on any atom is 0.0195 e. The second kappa shape index (κ2) is 8.04. The van der Waals surface area contributed by atoms with Gasteiger partial charge in [-0.1, -0.05) is 34.6 Å². The molecule has 0 heterocycles. The van der Waals surface area contributed by atoms with Gasteiger partial charge in [0.15, 0.2) is 0 Å². The molecule has 3 heteroatoms. The smallest absolute Gasteiger partial charge is 0.0195 e. The fourth-order valence-corrected chi connectivity index (χ4v) is 1.94. The van der Waals surface area contributed by atoms with Crippen LogP contribution in [-0.2, 0) is 0 Å². The van der Waals surface area contributed by atoms with E-state index in [1.807, 2.05) is 0 Å². The summed E-state index contributed by atoms with van der Waals surface area (Å²) in [4.78, 5) is 2.43. The second-order valence-corrected chi connectivity index (χ2v) is 5.68. The molecule has 0 saturated carbocycles. The lowest BCUT2D eigenvalue weighted by Gasteiger charge is -2.27. The molecule has 0 aromatic carbocycles. The van der Waals surface area contributed by atoms with Gasteiger partial charge >= 0.3 is 0 Å². The van der Waals surface area contributed by atoms with Crippen molar-refractivity contribution in [3.05, 3.63) is 0 Å². The van der Waals surface area contributed by atoms with Crippen molar-refractivity contribution in [3.8, 4) is 0 Å². The van der Waals surface area contributed by atoms with Crippen LogP contribution in [0.5, 0.6) is 0 Å². The van der Waals surface area contributed by atoms with Crippen LogP contribution in [0.25, 0.3) is 0 Å². The van der Waals surface area contributed by atoms with Gasteiger partial charge < -0.3 is 16.0 Å². The SMILES string of the molecule is CCN(CC)CCNC(CN)CC(C)(C)C. The third-order valence-corrected chi connectivity index (χ3v) is 2.90. The minimum Gasteiger partial charge on any atom is -0.329 e. The third kappa shape index (κ3) is 8.08. The molecule has 3 N–H and O–H groups in total. The Morgan fingerprint density at radius 3 is 2.12 bits per heavy atom. The van der Waals surface area contributed by atoms with Crippen LogP contribution in [-0.4, -0.2) is 43.7 Å². The van der Waals surface area contributed by atoms with Crippen molar-refractivity contribution in [1.82, 2.24) is 10.2 Å². The van der Waals surface area contributed by atoms with E-state index in [0.717, 1.165) is 39.1 Å². The standard InChI is InChI=1S/C13H31N3/c1-6-16(7-2)9-8-15-12(11-14)10-13(3,4)5/h12,15H,6-11,14H2,1-5H3. The fourth-order valence-electron chi connectivity index (χ4n) is 1.94. The normalized spacial score (nSPS) is 14.4. The first-order valence-corrected chi connectivity index (χ1v) is 6.58. The van der Waals surface area contributed by atoms with Crippen LogP contribution in [0.15, 0.2) is 0 Å². The van der Waals surface area contributed by atoms with Crippen LogP contribution in [0.2, 0.25) is 0 Å². The molecule has 98 valence electrons. The Balaban J connectivity index is 3.79. The van der Waals surface area contributed by atoms with Crippen molar-refractivity contribution < 1.29 is 0 Å². The highest BCUT2D eigenvalue weighted by molar-refractivity contribution is 4.75. The van der Waals surface area contributed by atoms with E-state index < -0.39 is 0 Å². The first kappa shape index (κ1) is 15.9. The maximum absolute atomic E-state index is 5.79. The minimum absolute atomic E-state index is 0.353. The molecule has 0 aliphatic rings. The molecule has 0 rings (SSSR count). The summed E-state index contributed by atoms with van der Waals surface area (Å²) < 4.78 is 0. The first-order valence-electron chi connectivity index (χ1n) is 6.58. The van der Waals surface area contributed by atoms with Gasteiger partial charge in [-0.05, 0) is 24.9 Å².